The Morgan fingerprint density at radius 1 is 1.18 bits per heavy atom. The zero-order chi connectivity index (χ0) is 12.7. The number of aromatic nitrogens is 2. The molecule has 17 heavy (non-hydrogen) atoms. The topological polar surface area (TPSA) is 63.0 Å². The maximum absolute atomic E-state index is 5.50. The lowest BCUT2D eigenvalue weighted by molar-refractivity contribution is 0.454. The maximum atomic E-state index is 5.50. The first-order valence-electron chi connectivity index (χ1n) is 6.45. The summed E-state index contributed by atoms with van der Waals surface area (Å²) in [7, 11) is 0. The zero-order valence-electron chi connectivity index (χ0n) is 11.3. The van der Waals surface area contributed by atoms with Gasteiger partial charge in [0.15, 0.2) is 0 Å². The van der Waals surface area contributed by atoms with Crippen LogP contribution in [0, 0.1) is 5.92 Å². The molecule has 5 heteroatoms. The highest BCUT2D eigenvalue weighted by Crippen LogP contribution is 2.10. The molecule has 0 radical (unpaired) electrons. The van der Waals surface area contributed by atoms with Crippen molar-refractivity contribution >= 4 is 6.01 Å². The van der Waals surface area contributed by atoms with Gasteiger partial charge in [-0.1, -0.05) is 32.8 Å². The Bertz CT molecular complexity index is 307. The van der Waals surface area contributed by atoms with Crippen LogP contribution >= 0.6 is 0 Å². The minimum atomic E-state index is 0.409. The summed E-state index contributed by atoms with van der Waals surface area (Å²) in [5, 5.41) is 14.5. The van der Waals surface area contributed by atoms with E-state index >= 15 is 0 Å². The predicted octanol–water partition coefficient (Wildman–Crippen LogP) is 2.42. The van der Waals surface area contributed by atoms with Gasteiger partial charge in [0.1, 0.15) is 0 Å². The van der Waals surface area contributed by atoms with E-state index in [-0.39, 0.29) is 0 Å². The van der Waals surface area contributed by atoms with E-state index < -0.39 is 0 Å². The number of anilines is 1. The van der Waals surface area contributed by atoms with Gasteiger partial charge in [0.05, 0.1) is 6.54 Å². The van der Waals surface area contributed by atoms with Crippen molar-refractivity contribution in [1.29, 1.82) is 0 Å². The zero-order valence-corrected chi connectivity index (χ0v) is 11.3. The Morgan fingerprint density at radius 3 is 2.47 bits per heavy atom. The molecular formula is C12H24N4O. The van der Waals surface area contributed by atoms with E-state index in [1.807, 2.05) is 0 Å². The SMILES string of the molecule is CCC(CC)Nc1nnc(CNCC(C)C)o1. The van der Waals surface area contributed by atoms with E-state index in [4.69, 9.17) is 4.42 Å². The van der Waals surface area contributed by atoms with Gasteiger partial charge < -0.3 is 15.1 Å². The summed E-state index contributed by atoms with van der Waals surface area (Å²) in [6, 6.07) is 0.937. The third-order valence-corrected chi connectivity index (χ3v) is 2.61. The van der Waals surface area contributed by atoms with Crippen molar-refractivity contribution in [3.8, 4) is 0 Å². The molecule has 0 saturated carbocycles. The van der Waals surface area contributed by atoms with Crippen LogP contribution in [0.1, 0.15) is 46.4 Å². The number of rotatable bonds is 8. The van der Waals surface area contributed by atoms with Crippen molar-refractivity contribution in [2.45, 2.75) is 53.1 Å². The minimum absolute atomic E-state index is 0.409. The van der Waals surface area contributed by atoms with E-state index in [2.05, 4.69) is 48.5 Å². The van der Waals surface area contributed by atoms with Crippen LogP contribution in [0.3, 0.4) is 0 Å². The summed E-state index contributed by atoms with van der Waals surface area (Å²) in [5.74, 6) is 1.26. The molecule has 0 aliphatic heterocycles. The number of hydrogen-bond donors (Lipinski definition) is 2. The Hall–Kier alpha value is -1.10. The molecule has 1 heterocycles. The average Bonchev–Trinajstić information content (AvgIpc) is 2.73. The molecular weight excluding hydrogens is 216 g/mol. The third kappa shape index (κ3) is 5.17. The Kier molecular flexibility index (Phi) is 5.97. The molecule has 0 bridgehead atoms. The number of hydrogen-bond acceptors (Lipinski definition) is 5. The predicted molar refractivity (Wildman–Crippen MR) is 68.8 cm³/mol. The molecule has 5 nitrogen and oxygen atoms in total. The fourth-order valence-corrected chi connectivity index (χ4v) is 1.52. The minimum Gasteiger partial charge on any atom is -0.407 e. The first-order chi connectivity index (χ1) is 8.15. The normalized spacial score (nSPS) is 11.4. The van der Waals surface area contributed by atoms with Gasteiger partial charge in [0, 0.05) is 6.04 Å². The summed E-state index contributed by atoms with van der Waals surface area (Å²) in [6.07, 6.45) is 2.11. The molecule has 0 unspecified atom stereocenters. The standard InChI is InChI=1S/C12H24N4O/c1-5-10(6-2)14-12-16-15-11(17-12)8-13-7-9(3)4/h9-10,13H,5-8H2,1-4H3,(H,14,16). The van der Waals surface area contributed by atoms with Crippen molar-refractivity contribution in [3.05, 3.63) is 5.89 Å². The second-order valence-electron chi connectivity index (χ2n) is 4.68. The summed E-state index contributed by atoms with van der Waals surface area (Å²) < 4.78 is 5.50. The highest BCUT2D eigenvalue weighted by atomic mass is 16.4. The van der Waals surface area contributed by atoms with Crippen molar-refractivity contribution in [3.63, 3.8) is 0 Å². The Labute approximate surface area is 103 Å². The summed E-state index contributed by atoms with van der Waals surface area (Å²) in [4.78, 5) is 0. The molecule has 0 saturated heterocycles. The largest absolute Gasteiger partial charge is 0.407 e. The molecule has 2 N–H and O–H groups in total. The molecule has 0 spiro atoms. The first-order valence-corrected chi connectivity index (χ1v) is 6.45. The molecule has 1 aromatic heterocycles. The summed E-state index contributed by atoms with van der Waals surface area (Å²) >= 11 is 0. The van der Waals surface area contributed by atoms with Gasteiger partial charge in [-0.25, -0.2) is 0 Å². The Balaban J connectivity index is 2.37. The van der Waals surface area contributed by atoms with Crippen molar-refractivity contribution < 1.29 is 4.42 Å². The molecule has 0 atom stereocenters. The van der Waals surface area contributed by atoms with Gasteiger partial charge in [0.2, 0.25) is 5.89 Å². The fourth-order valence-electron chi connectivity index (χ4n) is 1.52. The highest BCUT2D eigenvalue weighted by Gasteiger charge is 2.09. The van der Waals surface area contributed by atoms with Gasteiger partial charge in [0.25, 0.3) is 0 Å². The van der Waals surface area contributed by atoms with Crippen LogP contribution in [0.15, 0.2) is 4.42 Å². The smallest absolute Gasteiger partial charge is 0.315 e. The van der Waals surface area contributed by atoms with E-state index in [1.165, 1.54) is 0 Å². The second kappa shape index (κ2) is 7.27. The quantitative estimate of drug-likeness (QED) is 0.730. The van der Waals surface area contributed by atoms with Crippen LogP contribution in [0.25, 0.3) is 0 Å². The van der Waals surface area contributed by atoms with Crippen LogP contribution in [-0.4, -0.2) is 22.8 Å². The molecule has 0 aliphatic carbocycles. The first kappa shape index (κ1) is 14.0. The monoisotopic (exact) mass is 240 g/mol. The summed E-state index contributed by atoms with van der Waals surface area (Å²) in [6.45, 7) is 10.2. The van der Waals surface area contributed by atoms with Gasteiger partial charge in [-0.3, -0.25) is 0 Å². The van der Waals surface area contributed by atoms with Gasteiger partial charge in [-0.05, 0) is 25.3 Å². The second-order valence-corrected chi connectivity index (χ2v) is 4.68. The van der Waals surface area contributed by atoms with E-state index in [1.54, 1.807) is 0 Å². The molecule has 0 aromatic carbocycles. The highest BCUT2D eigenvalue weighted by molar-refractivity contribution is 5.19. The van der Waals surface area contributed by atoms with E-state index in [0.717, 1.165) is 19.4 Å². The molecule has 0 aliphatic rings. The third-order valence-electron chi connectivity index (χ3n) is 2.61. The van der Waals surface area contributed by atoms with Crippen LogP contribution in [0.5, 0.6) is 0 Å². The van der Waals surface area contributed by atoms with Crippen LogP contribution in [-0.2, 0) is 6.54 Å². The lowest BCUT2D eigenvalue weighted by atomic mass is 10.2. The van der Waals surface area contributed by atoms with Gasteiger partial charge >= 0.3 is 6.01 Å². The van der Waals surface area contributed by atoms with Gasteiger partial charge in [-0.15, -0.1) is 5.10 Å². The van der Waals surface area contributed by atoms with E-state index in [9.17, 15) is 0 Å². The molecule has 0 amide bonds. The van der Waals surface area contributed by atoms with Crippen LogP contribution < -0.4 is 10.6 Å². The van der Waals surface area contributed by atoms with Crippen LogP contribution in [0.2, 0.25) is 0 Å². The number of nitrogens with zero attached hydrogens (tertiary/aromatic N) is 2. The van der Waals surface area contributed by atoms with Crippen molar-refractivity contribution in [2.24, 2.45) is 5.92 Å². The lowest BCUT2D eigenvalue weighted by Gasteiger charge is -2.11. The molecule has 98 valence electrons. The lowest BCUT2D eigenvalue weighted by Crippen LogP contribution is -2.19. The van der Waals surface area contributed by atoms with Crippen molar-refractivity contribution in [2.75, 3.05) is 11.9 Å². The number of nitrogens with one attached hydrogen (secondary N) is 2. The van der Waals surface area contributed by atoms with E-state index in [0.29, 0.717) is 30.4 Å². The fraction of sp³-hybridized carbons (Fsp3) is 0.833. The molecule has 1 aromatic rings. The summed E-state index contributed by atoms with van der Waals surface area (Å²) in [5.41, 5.74) is 0. The Morgan fingerprint density at radius 2 is 1.88 bits per heavy atom. The van der Waals surface area contributed by atoms with Crippen LogP contribution in [0.4, 0.5) is 6.01 Å². The maximum Gasteiger partial charge on any atom is 0.315 e. The molecule has 0 fully saturated rings. The van der Waals surface area contributed by atoms with Gasteiger partial charge in [-0.2, -0.15) is 0 Å². The van der Waals surface area contributed by atoms with Crippen molar-refractivity contribution in [1.82, 2.24) is 15.5 Å². The molecule has 1 rings (SSSR count). The average molecular weight is 240 g/mol.